The van der Waals surface area contributed by atoms with Crippen molar-refractivity contribution in [1.82, 2.24) is 0 Å². The summed E-state index contributed by atoms with van der Waals surface area (Å²) in [6.45, 7) is 1.85. The normalized spacial score (nSPS) is 10.0. The number of hydrogen-bond acceptors (Lipinski definition) is 0. The summed E-state index contributed by atoms with van der Waals surface area (Å²) in [4.78, 5) is 0. The highest BCUT2D eigenvalue weighted by Gasteiger charge is 2.01. The lowest BCUT2D eigenvalue weighted by Gasteiger charge is -1.98. The third-order valence-corrected chi connectivity index (χ3v) is 2.65. The molecule has 0 fully saturated rings. The summed E-state index contributed by atoms with van der Waals surface area (Å²) in [5.74, 6) is -0.348. The van der Waals surface area contributed by atoms with Gasteiger partial charge in [0, 0.05) is 3.57 Å². The van der Waals surface area contributed by atoms with Crippen molar-refractivity contribution in [3.63, 3.8) is 0 Å². The van der Waals surface area contributed by atoms with Crippen LogP contribution in [0.2, 0.25) is 5.02 Å². The molecule has 0 aliphatic carbocycles. The van der Waals surface area contributed by atoms with E-state index >= 15 is 0 Å². The Labute approximate surface area is 77.5 Å². The van der Waals surface area contributed by atoms with Crippen LogP contribution < -0.4 is 0 Å². The van der Waals surface area contributed by atoms with Gasteiger partial charge in [0.15, 0.2) is 0 Å². The van der Waals surface area contributed by atoms with Crippen LogP contribution in [0.25, 0.3) is 0 Å². The van der Waals surface area contributed by atoms with Crippen molar-refractivity contribution in [2.45, 2.75) is 6.92 Å². The van der Waals surface area contributed by atoms with E-state index in [0.717, 1.165) is 9.13 Å². The van der Waals surface area contributed by atoms with Crippen molar-refractivity contribution in [3.05, 3.63) is 32.1 Å². The van der Waals surface area contributed by atoms with Gasteiger partial charge in [-0.15, -0.1) is 0 Å². The van der Waals surface area contributed by atoms with Gasteiger partial charge >= 0.3 is 0 Å². The smallest absolute Gasteiger partial charge is 0.142 e. The largest absolute Gasteiger partial charge is 0.205 e. The molecule has 0 heterocycles. The van der Waals surface area contributed by atoms with E-state index in [2.05, 4.69) is 22.6 Å². The average molecular weight is 270 g/mol. The summed E-state index contributed by atoms with van der Waals surface area (Å²) in [6.07, 6.45) is 0. The average Bonchev–Trinajstić information content (AvgIpc) is 1.84. The maximum atomic E-state index is 12.6. The van der Waals surface area contributed by atoms with Gasteiger partial charge in [-0.05, 0) is 47.2 Å². The molecule has 0 radical (unpaired) electrons. The molecule has 0 spiro atoms. The van der Waals surface area contributed by atoms with E-state index in [-0.39, 0.29) is 10.8 Å². The Morgan fingerprint density at radius 3 is 2.60 bits per heavy atom. The molecule has 0 nitrogen and oxygen atoms in total. The summed E-state index contributed by atoms with van der Waals surface area (Å²) in [6, 6.07) is 3.05. The molecule has 1 aromatic carbocycles. The molecule has 0 bridgehead atoms. The van der Waals surface area contributed by atoms with Crippen LogP contribution >= 0.6 is 34.2 Å². The topological polar surface area (TPSA) is 0 Å². The SMILES string of the molecule is Cc1cc(F)c(Cl)cc1I. The molecule has 0 N–H and O–H groups in total. The van der Waals surface area contributed by atoms with Gasteiger partial charge < -0.3 is 0 Å². The van der Waals surface area contributed by atoms with E-state index in [9.17, 15) is 4.39 Å². The Balaban J connectivity index is 3.28. The fraction of sp³-hybridized carbons (Fsp3) is 0.143. The quantitative estimate of drug-likeness (QED) is 0.501. The van der Waals surface area contributed by atoms with Gasteiger partial charge in [0.1, 0.15) is 5.82 Å². The Bertz CT molecular complexity index is 210. The van der Waals surface area contributed by atoms with Crippen LogP contribution in [0, 0.1) is 16.3 Å². The van der Waals surface area contributed by atoms with Crippen molar-refractivity contribution in [2.24, 2.45) is 0 Å². The summed E-state index contributed by atoms with van der Waals surface area (Å²) < 4.78 is 13.6. The van der Waals surface area contributed by atoms with E-state index < -0.39 is 0 Å². The van der Waals surface area contributed by atoms with Gasteiger partial charge in [0.25, 0.3) is 0 Å². The molecule has 10 heavy (non-hydrogen) atoms. The number of aryl methyl sites for hydroxylation is 1. The highest BCUT2D eigenvalue weighted by Crippen LogP contribution is 2.20. The maximum absolute atomic E-state index is 12.6. The summed E-state index contributed by atoms with van der Waals surface area (Å²) in [5, 5.41) is 0.190. The molecule has 0 saturated heterocycles. The van der Waals surface area contributed by atoms with Gasteiger partial charge in [0.2, 0.25) is 0 Å². The molecular weight excluding hydrogens is 265 g/mol. The lowest BCUT2D eigenvalue weighted by atomic mass is 10.2. The van der Waals surface area contributed by atoms with Crippen LogP contribution in [-0.4, -0.2) is 0 Å². The van der Waals surface area contributed by atoms with E-state index in [0.29, 0.717) is 0 Å². The predicted octanol–water partition coefficient (Wildman–Crippen LogP) is 3.39. The molecule has 0 atom stereocenters. The van der Waals surface area contributed by atoms with Gasteiger partial charge in [0.05, 0.1) is 5.02 Å². The van der Waals surface area contributed by atoms with Crippen molar-refractivity contribution in [3.8, 4) is 0 Å². The van der Waals surface area contributed by atoms with Crippen LogP contribution in [0.3, 0.4) is 0 Å². The van der Waals surface area contributed by atoms with Gasteiger partial charge in [-0.2, -0.15) is 0 Å². The van der Waals surface area contributed by atoms with Crippen LogP contribution in [0.4, 0.5) is 4.39 Å². The zero-order chi connectivity index (χ0) is 7.72. The molecule has 3 heteroatoms. The third-order valence-electron chi connectivity index (χ3n) is 1.20. The van der Waals surface area contributed by atoms with E-state index in [1.54, 1.807) is 6.07 Å². The minimum Gasteiger partial charge on any atom is -0.205 e. The van der Waals surface area contributed by atoms with Gasteiger partial charge in [-0.25, -0.2) is 4.39 Å². The predicted molar refractivity (Wildman–Crippen MR) is 48.9 cm³/mol. The number of rotatable bonds is 0. The first kappa shape index (κ1) is 8.27. The Hall–Kier alpha value is 0.170. The molecule has 0 amide bonds. The minimum absolute atomic E-state index is 0.190. The van der Waals surface area contributed by atoms with Crippen molar-refractivity contribution < 1.29 is 4.39 Å². The first-order valence-corrected chi connectivity index (χ1v) is 4.18. The standard InChI is InChI=1S/C7H5ClFI/c1-4-2-6(9)5(8)3-7(4)10/h2-3H,1H3. The molecule has 0 saturated carbocycles. The summed E-state index contributed by atoms with van der Waals surface area (Å²) >= 11 is 7.62. The van der Waals surface area contributed by atoms with Crippen LogP contribution in [0.1, 0.15) is 5.56 Å². The van der Waals surface area contributed by atoms with Gasteiger partial charge in [-0.1, -0.05) is 11.6 Å². The molecule has 1 aromatic rings. The Kier molecular flexibility index (Phi) is 2.52. The van der Waals surface area contributed by atoms with Crippen LogP contribution in [0.15, 0.2) is 12.1 Å². The lowest BCUT2D eigenvalue weighted by molar-refractivity contribution is 0.626. The molecule has 0 unspecified atom stereocenters. The first-order chi connectivity index (χ1) is 4.61. The molecule has 54 valence electrons. The molecule has 1 rings (SSSR count). The number of halogens is 3. The zero-order valence-corrected chi connectivity index (χ0v) is 8.20. The van der Waals surface area contributed by atoms with Crippen LogP contribution in [-0.2, 0) is 0 Å². The fourth-order valence-corrected chi connectivity index (χ4v) is 1.44. The Morgan fingerprint density at radius 1 is 1.50 bits per heavy atom. The van der Waals surface area contributed by atoms with Crippen LogP contribution in [0.5, 0.6) is 0 Å². The van der Waals surface area contributed by atoms with Crippen molar-refractivity contribution >= 4 is 34.2 Å². The van der Waals surface area contributed by atoms with Crippen molar-refractivity contribution in [1.29, 1.82) is 0 Å². The number of hydrogen-bond donors (Lipinski definition) is 0. The third kappa shape index (κ3) is 1.61. The first-order valence-electron chi connectivity index (χ1n) is 2.72. The minimum atomic E-state index is -0.348. The van der Waals surface area contributed by atoms with Gasteiger partial charge in [-0.3, -0.25) is 0 Å². The second kappa shape index (κ2) is 3.05. The summed E-state index contributed by atoms with van der Waals surface area (Å²) in [7, 11) is 0. The van der Waals surface area contributed by atoms with Crippen molar-refractivity contribution in [2.75, 3.05) is 0 Å². The molecule has 0 aliphatic heterocycles. The number of benzene rings is 1. The molecule has 0 aliphatic rings. The lowest BCUT2D eigenvalue weighted by Crippen LogP contribution is -1.83. The monoisotopic (exact) mass is 270 g/mol. The zero-order valence-electron chi connectivity index (χ0n) is 5.29. The Morgan fingerprint density at radius 2 is 2.10 bits per heavy atom. The molecular formula is C7H5ClFI. The van der Waals surface area contributed by atoms with E-state index in [1.807, 2.05) is 6.92 Å². The molecule has 0 aromatic heterocycles. The highest BCUT2D eigenvalue weighted by atomic mass is 127. The second-order valence-electron chi connectivity index (χ2n) is 2.02. The highest BCUT2D eigenvalue weighted by molar-refractivity contribution is 14.1. The fourth-order valence-electron chi connectivity index (χ4n) is 0.622. The second-order valence-corrected chi connectivity index (χ2v) is 3.58. The van der Waals surface area contributed by atoms with E-state index in [1.165, 1.54) is 6.07 Å². The maximum Gasteiger partial charge on any atom is 0.142 e. The summed E-state index contributed by atoms with van der Waals surface area (Å²) in [5.41, 5.74) is 0.919. The van der Waals surface area contributed by atoms with E-state index in [4.69, 9.17) is 11.6 Å².